The number of pyridine rings is 1. The van der Waals surface area contributed by atoms with E-state index in [1.54, 1.807) is 6.92 Å². The van der Waals surface area contributed by atoms with Crippen LogP contribution in [0, 0.1) is 12.7 Å². The minimum atomic E-state index is -0.522. The molecule has 0 saturated heterocycles. The fraction of sp³-hybridized carbons (Fsp3) is 0.167. The second-order valence-electron chi connectivity index (χ2n) is 2.06. The van der Waals surface area contributed by atoms with Gasteiger partial charge in [0.15, 0.2) is 11.6 Å². The highest BCUT2D eigenvalue weighted by Crippen LogP contribution is 2.13. The van der Waals surface area contributed by atoms with Crippen LogP contribution in [0.2, 0.25) is 0 Å². The SMILES string of the molecule is Cc1cc(F)c(N)nc1N. The summed E-state index contributed by atoms with van der Waals surface area (Å²) in [7, 11) is 0. The molecule has 3 nitrogen and oxygen atoms in total. The Kier molecular flexibility index (Phi) is 1.45. The zero-order chi connectivity index (χ0) is 7.72. The lowest BCUT2D eigenvalue weighted by atomic mass is 10.3. The quantitative estimate of drug-likeness (QED) is 0.558. The first-order valence-electron chi connectivity index (χ1n) is 2.79. The van der Waals surface area contributed by atoms with Gasteiger partial charge in [-0.05, 0) is 18.6 Å². The van der Waals surface area contributed by atoms with Gasteiger partial charge in [0.2, 0.25) is 0 Å². The maximum atomic E-state index is 12.5. The number of nitrogens with zero attached hydrogens (tertiary/aromatic N) is 1. The van der Waals surface area contributed by atoms with Crippen molar-refractivity contribution in [2.75, 3.05) is 11.5 Å². The Balaban J connectivity index is 3.28. The summed E-state index contributed by atoms with van der Waals surface area (Å²) in [6.45, 7) is 1.67. The summed E-state index contributed by atoms with van der Waals surface area (Å²) in [6, 6.07) is 1.26. The van der Waals surface area contributed by atoms with Crippen LogP contribution < -0.4 is 11.5 Å². The molecule has 0 amide bonds. The molecular weight excluding hydrogens is 133 g/mol. The first kappa shape index (κ1) is 6.80. The van der Waals surface area contributed by atoms with Crippen LogP contribution in [0.3, 0.4) is 0 Å². The van der Waals surface area contributed by atoms with E-state index >= 15 is 0 Å². The molecule has 0 aliphatic rings. The molecule has 0 radical (unpaired) electrons. The normalized spacial score (nSPS) is 9.80. The Bertz CT molecular complexity index is 209. The zero-order valence-electron chi connectivity index (χ0n) is 5.56. The van der Waals surface area contributed by atoms with E-state index in [1.165, 1.54) is 6.07 Å². The van der Waals surface area contributed by atoms with Crippen LogP contribution in [-0.2, 0) is 0 Å². The van der Waals surface area contributed by atoms with Crippen LogP contribution in [0.5, 0.6) is 0 Å². The predicted molar refractivity (Wildman–Crippen MR) is 37.8 cm³/mol. The molecule has 0 saturated carbocycles. The third kappa shape index (κ3) is 1.00. The van der Waals surface area contributed by atoms with Crippen LogP contribution in [0.15, 0.2) is 6.07 Å². The standard InChI is InChI=1S/C6H8FN3/c1-3-2-4(7)6(9)10-5(3)8/h2H,1H3,(H4,8,9,10). The molecule has 1 heterocycles. The molecule has 54 valence electrons. The third-order valence-corrected chi connectivity index (χ3v) is 1.23. The molecular formula is C6H8FN3. The highest BCUT2D eigenvalue weighted by atomic mass is 19.1. The summed E-state index contributed by atoms with van der Waals surface area (Å²) in [5, 5.41) is 0. The Morgan fingerprint density at radius 1 is 1.40 bits per heavy atom. The molecule has 0 bridgehead atoms. The van der Waals surface area contributed by atoms with Gasteiger partial charge in [-0.15, -0.1) is 0 Å². The molecule has 0 aromatic carbocycles. The summed E-state index contributed by atoms with van der Waals surface area (Å²) in [4.78, 5) is 3.55. The lowest BCUT2D eigenvalue weighted by Crippen LogP contribution is -2.01. The van der Waals surface area contributed by atoms with Gasteiger partial charge in [0.1, 0.15) is 5.82 Å². The fourth-order valence-corrected chi connectivity index (χ4v) is 0.609. The molecule has 0 aliphatic carbocycles. The number of rotatable bonds is 0. The number of halogens is 1. The van der Waals surface area contributed by atoms with Gasteiger partial charge in [-0.3, -0.25) is 0 Å². The monoisotopic (exact) mass is 141 g/mol. The molecule has 4 N–H and O–H groups in total. The van der Waals surface area contributed by atoms with Gasteiger partial charge in [0, 0.05) is 0 Å². The van der Waals surface area contributed by atoms with Crippen molar-refractivity contribution in [3.63, 3.8) is 0 Å². The molecule has 4 heteroatoms. The lowest BCUT2D eigenvalue weighted by Gasteiger charge is -1.99. The largest absolute Gasteiger partial charge is 0.383 e. The van der Waals surface area contributed by atoms with Gasteiger partial charge in [-0.2, -0.15) is 0 Å². The minimum absolute atomic E-state index is 0.150. The molecule has 0 aliphatic heterocycles. The maximum Gasteiger partial charge on any atom is 0.165 e. The zero-order valence-corrected chi connectivity index (χ0v) is 5.56. The predicted octanol–water partition coefficient (Wildman–Crippen LogP) is 0.694. The van der Waals surface area contributed by atoms with E-state index in [9.17, 15) is 4.39 Å². The summed E-state index contributed by atoms with van der Waals surface area (Å²) in [5.74, 6) is -0.395. The van der Waals surface area contributed by atoms with Gasteiger partial charge >= 0.3 is 0 Å². The van der Waals surface area contributed by atoms with Crippen LogP contribution in [0.1, 0.15) is 5.56 Å². The number of nitrogen functional groups attached to an aromatic ring is 2. The van der Waals surface area contributed by atoms with E-state index in [0.29, 0.717) is 5.56 Å². The lowest BCUT2D eigenvalue weighted by molar-refractivity contribution is 0.626. The second kappa shape index (κ2) is 2.13. The van der Waals surface area contributed by atoms with E-state index in [4.69, 9.17) is 11.5 Å². The Hall–Kier alpha value is -1.32. The third-order valence-electron chi connectivity index (χ3n) is 1.23. The number of aryl methyl sites for hydroxylation is 1. The van der Waals surface area contributed by atoms with E-state index < -0.39 is 5.82 Å². The number of hydrogen-bond donors (Lipinski definition) is 2. The number of nitrogens with two attached hydrogens (primary N) is 2. The Morgan fingerprint density at radius 2 is 2.00 bits per heavy atom. The van der Waals surface area contributed by atoms with Crippen molar-refractivity contribution in [1.29, 1.82) is 0 Å². The van der Waals surface area contributed by atoms with Gasteiger partial charge in [-0.1, -0.05) is 0 Å². The van der Waals surface area contributed by atoms with Gasteiger partial charge in [0.25, 0.3) is 0 Å². The molecule has 0 fully saturated rings. The maximum absolute atomic E-state index is 12.5. The smallest absolute Gasteiger partial charge is 0.165 e. The van der Waals surface area contributed by atoms with E-state index in [1.807, 2.05) is 0 Å². The van der Waals surface area contributed by atoms with Gasteiger partial charge < -0.3 is 11.5 Å². The highest BCUT2D eigenvalue weighted by molar-refractivity contribution is 5.46. The average Bonchev–Trinajstić information content (AvgIpc) is 1.84. The van der Waals surface area contributed by atoms with E-state index in [-0.39, 0.29) is 11.6 Å². The first-order chi connectivity index (χ1) is 4.61. The minimum Gasteiger partial charge on any atom is -0.383 e. The van der Waals surface area contributed by atoms with Gasteiger partial charge in [0.05, 0.1) is 0 Å². The van der Waals surface area contributed by atoms with Crippen molar-refractivity contribution < 1.29 is 4.39 Å². The molecule has 0 atom stereocenters. The summed E-state index contributed by atoms with van der Waals surface area (Å²) < 4.78 is 12.5. The van der Waals surface area contributed by atoms with Gasteiger partial charge in [-0.25, -0.2) is 9.37 Å². The van der Waals surface area contributed by atoms with E-state index in [0.717, 1.165) is 0 Å². The fourth-order valence-electron chi connectivity index (χ4n) is 0.609. The van der Waals surface area contributed by atoms with Crippen molar-refractivity contribution in [2.45, 2.75) is 6.92 Å². The summed E-state index contributed by atoms with van der Waals surface area (Å²) >= 11 is 0. The van der Waals surface area contributed by atoms with Crippen molar-refractivity contribution in [2.24, 2.45) is 0 Å². The Labute approximate surface area is 57.9 Å². The molecule has 1 aromatic heterocycles. The van der Waals surface area contributed by atoms with Crippen molar-refractivity contribution in [3.8, 4) is 0 Å². The number of aromatic nitrogens is 1. The molecule has 1 rings (SSSR count). The molecule has 0 unspecified atom stereocenters. The van der Waals surface area contributed by atoms with Crippen LogP contribution in [-0.4, -0.2) is 4.98 Å². The summed E-state index contributed by atoms with van der Waals surface area (Å²) in [6.07, 6.45) is 0. The number of hydrogen-bond acceptors (Lipinski definition) is 3. The van der Waals surface area contributed by atoms with E-state index in [2.05, 4.69) is 4.98 Å². The van der Waals surface area contributed by atoms with Crippen LogP contribution in [0.25, 0.3) is 0 Å². The number of anilines is 2. The second-order valence-corrected chi connectivity index (χ2v) is 2.06. The highest BCUT2D eigenvalue weighted by Gasteiger charge is 2.01. The van der Waals surface area contributed by atoms with Crippen molar-refractivity contribution in [3.05, 3.63) is 17.4 Å². The first-order valence-corrected chi connectivity index (χ1v) is 2.79. The topological polar surface area (TPSA) is 64.9 Å². The Morgan fingerprint density at radius 3 is 2.50 bits per heavy atom. The van der Waals surface area contributed by atoms with Crippen LogP contribution >= 0.6 is 0 Å². The van der Waals surface area contributed by atoms with Crippen molar-refractivity contribution in [1.82, 2.24) is 4.98 Å². The molecule has 0 spiro atoms. The summed E-state index contributed by atoms with van der Waals surface area (Å²) in [5.41, 5.74) is 11.1. The average molecular weight is 141 g/mol. The van der Waals surface area contributed by atoms with Crippen LogP contribution in [0.4, 0.5) is 16.0 Å². The molecule has 10 heavy (non-hydrogen) atoms. The van der Waals surface area contributed by atoms with Crippen molar-refractivity contribution >= 4 is 11.6 Å². The molecule has 1 aromatic rings.